The molecular formula is C13H12N4O2S. The molecule has 1 aromatic heterocycles. The van der Waals surface area contributed by atoms with Gasteiger partial charge < -0.3 is 5.73 Å². The van der Waals surface area contributed by atoms with Crippen LogP contribution in [0.25, 0.3) is 0 Å². The third kappa shape index (κ3) is 2.87. The van der Waals surface area contributed by atoms with E-state index in [-0.39, 0.29) is 10.7 Å². The molecule has 20 heavy (non-hydrogen) atoms. The lowest BCUT2D eigenvalue weighted by Crippen LogP contribution is -2.14. The van der Waals surface area contributed by atoms with Gasteiger partial charge in [0.1, 0.15) is 5.82 Å². The van der Waals surface area contributed by atoms with E-state index >= 15 is 0 Å². The largest absolute Gasteiger partial charge is 0.384 e. The van der Waals surface area contributed by atoms with Crippen LogP contribution in [0.15, 0.2) is 41.4 Å². The van der Waals surface area contributed by atoms with Crippen molar-refractivity contribution in [2.24, 2.45) is 0 Å². The maximum absolute atomic E-state index is 12.2. The van der Waals surface area contributed by atoms with E-state index < -0.39 is 10.0 Å². The summed E-state index contributed by atoms with van der Waals surface area (Å²) in [6.45, 7) is 1.75. The monoisotopic (exact) mass is 288 g/mol. The lowest BCUT2D eigenvalue weighted by Gasteiger charge is -2.11. The fourth-order valence-corrected chi connectivity index (χ4v) is 2.74. The van der Waals surface area contributed by atoms with E-state index in [1.54, 1.807) is 19.1 Å². The number of aryl methyl sites for hydroxylation is 1. The van der Waals surface area contributed by atoms with E-state index in [1.165, 1.54) is 24.4 Å². The van der Waals surface area contributed by atoms with Gasteiger partial charge in [0.05, 0.1) is 22.2 Å². The normalized spacial score (nSPS) is 10.8. The molecule has 0 unspecified atom stereocenters. The van der Waals surface area contributed by atoms with Crippen molar-refractivity contribution in [3.8, 4) is 6.07 Å². The minimum Gasteiger partial charge on any atom is -0.384 e. The molecule has 1 aromatic carbocycles. The van der Waals surface area contributed by atoms with E-state index in [2.05, 4.69) is 9.71 Å². The average Bonchev–Trinajstić information content (AvgIpc) is 2.41. The highest BCUT2D eigenvalue weighted by Gasteiger charge is 2.16. The van der Waals surface area contributed by atoms with Crippen LogP contribution in [0.2, 0.25) is 0 Å². The van der Waals surface area contributed by atoms with Crippen molar-refractivity contribution in [1.82, 2.24) is 4.98 Å². The summed E-state index contributed by atoms with van der Waals surface area (Å²) in [4.78, 5) is 3.77. The first kappa shape index (κ1) is 13.8. The predicted octanol–water partition coefficient (Wildman–Crippen LogP) is 1.64. The fraction of sp³-hybridized carbons (Fsp3) is 0.0769. The van der Waals surface area contributed by atoms with Gasteiger partial charge in [0.2, 0.25) is 0 Å². The van der Waals surface area contributed by atoms with Crippen LogP contribution in [-0.2, 0) is 10.0 Å². The third-order valence-electron chi connectivity index (χ3n) is 2.67. The van der Waals surface area contributed by atoms with Gasteiger partial charge in [-0.05, 0) is 30.7 Å². The molecule has 0 saturated carbocycles. The number of aromatic nitrogens is 1. The maximum Gasteiger partial charge on any atom is 0.262 e. The number of anilines is 2. The van der Waals surface area contributed by atoms with Gasteiger partial charge in [-0.15, -0.1) is 0 Å². The zero-order chi connectivity index (χ0) is 14.8. The first-order chi connectivity index (χ1) is 9.42. The Labute approximate surface area is 116 Å². The Bertz CT molecular complexity index is 794. The molecule has 0 aliphatic carbocycles. The number of nitrogens with one attached hydrogen (secondary N) is 1. The quantitative estimate of drug-likeness (QED) is 0.892. The zero-order valence-corrected chi connectivity index (χ0v) is 11.5. The second-order valence-electron chi connectivity index (χ2n) is 4.16. The molecule has 0 radical (unpaired) electrons. The van der Waals surface area contributed by atoms with Crippen LogP contribution in [0.3, 0.4) is 0 Å². The Hall–Kier alpha value is -2.59. The third-order valence-corrected chi connectivity index (χ3v) is 4.04. The summed E-state index contributed by atoms with van der Waals surface area (Å²) in [5, 5.41) is 8.85. The molecule has 0 atom stereocenters. The van der Waals surface area contributed by atoms with Gasteiger partial charge >= 0.3 is 0 Å². The van der Waals surface area contributed by atoms with Gasteiger partial charge in [-0.25, -0.2) is 13.4 Å². The van der Waals surface area contributed by atoms with Gasteiger partial charge in [-0.1, -0.05) is 6.07 Å². The van der Waals surface area contributed by atoms with Crippen LogP contribution in [-0.4, -0.2) is 13.4 Å². The average molecular weight is 288 g/mol. The van der Waals surface area contributed by atoms with Crippen molar-refractivity contribution in [2.75, 3.05) is 10.5 Å². The number of sulfonamides is 1. The summed E-state index contributed by atoms with van der Waals surface area (Å²) in [6, 6.07) is 9.37. The first-order valence-electron chi connectivity index (χ1n) is 5.67. The second kappa shape index (κ2) is 5.19. The predicted molar refractivity (Wildman–Crippen MR) is 75.4 cm³/mol. The molecule has 6 nitrogen and oxygen atoms in total. The molecule has 3 N–H and O–H groups in total. The van der Waals surface area contributed by atoms with Crippen molar-refractivity contribution < 1.29 is 8.42 Å². The second-order valence-corrected chi connectivity index (χ2v) is 5.85. The number of benzene rings is 1. The van der Waals surface area contributed by atoms with Crippen molar-refractivity contribution >= 4 is 21.5 Å². The standard InChI is InChI=1S/C13H12N4O2S/c1-9-2-3-10(8-14)6-12(9)17-20(18,19)11-4-5-16-13(15)7-11/h2-7,17H,1H3,(H2,15,16). The van der Waals surface area contributed by atoms with E-state index in [9.17, 15) is 8.42 Å². The van der Waals surface area contributed by atoms with Crippen LogP contribution in [0.5, 0.6) is 0 Å². The van der Waals surface area contributed by atoms with Crippen molar-refractivity contribution in [1.29, 1.82) is 5.26 Å². The molecule has 0 spiro atoms. The summed E-state index contributed by atoms with van der Waals surface area (Å²) in [7, 11) is -3.76. The fourth-order valence-electron chi connectivity index (χ4n) is 1.60. The van der Waals surface area contributed by atoms with Gasteiger partial charge in [-0.2, -0.15) is 5.26 Å². The summed E-state index contributed by atoms with van der Waals surface area (Å²) >= 11 is 0. The number of nitrogens with two attached hydrogens (primary N) is 1. The summed E-state index contributed by atoms with van der Waals surface area (Å²) in [5.41, 5.74) is 6.93. The van der Waals surface area contributed by atoms with Gasteiger partial charge in [0, 0.05) is 12.3 Å². The van der Waals surface area contributed by atoms with Crippen molar-refractivity contribution in [2.45, 2.75) is 11.8 Å². The maximum atomic E-state index is 12.2. The van der Waals surface area contributed by atoms with Gasteiger partial charge in [-0.3, -0.25) is 4.72 Å². The van der Waals surface area contributed by atoms with Crippen LogP contribution in [0.1, 0.15) is 11.1 Å². The number of hydrogen-bond acceptors (Lipinski definition) is 5. The van der Waals surface area contributed by atoms with E-state index in [4.69, 9.17) is 11.0 Å². The number of pyridine rings is 1. The van der Waals surface area contributed by atoms with E-state index in [0.29, 0.717) is 11.3 Å². The van der Waals surface area contributed by atoms with Crippen molar-refractivity contribution in [3.05, 3.63) is 47.7 Å². The molecule has 0 fully saturated rings. The molecule has 0 aliphatic heterocycles. The summed E-state index contributed by atoms with van der Waals surface area (Å²) < 4.78 is 26.9. The number of nitrogen functional groups attached to an aromatic ring is 1. The molecule has 2 aromatic rings. The Morgan fingerprint density at radius 1 is 1.30 bits per heavy atom. The van der Waals surface area contributed by atoms with Crippen molar-refractivity contribution in [3.63, 3.8) is 0 Å². The molecule has 2 rings (SSSR count). The molecule has 0 saturated heterocycles. The molecule has 1 heterocycles. The zero-order valence-electron chi connectivity index (χ0n) is 10.7. The minimum atomic E-state index is -3.76. The highest BCUT2D eigenvalue weighted by Crippen LogP contribution is 2.21. The highest BCUT2D eigenvalue weighted by molar-refractivity contribution is 7.92. The van der Waals surface area contributed by atoms with Crippen LogP contribution < -0.4 is 10.5 Å². The smallest absolute Gasteiger partial charge is 0.262 e. The summed E-state index contributed by atoms with van der Waals surface area (Å²) in [5.74, 6) is 0.121. The molecule has 0 aliphatic rings. The van der Waals surface area contributed by atoms with Crippen LogP contribution in [0, 0.1) is 18.3 Å². The SMILES string of the molecule is Cc1ccc(C#N)cc1NS(=O)(=O)c1ccnc(N)c1. The van der Waals surface area contributed by atoms with Gasteiger partial charge in [0.25, 0.3) is 10.0 Å². The highest BCUT2D eigenvalue weighted by atomic mass is 32.2. The summed E-state index contributed by atoms with van der Waals surface area (Å²) in [6.07, 6.45) is 1.32. The number of nitriles is 1. The molecule has 7 heteroatoms. The number of nitrogens with zero attached hydrogens (tertiary/aromatic N) is 2. The molecule has 102 valence electrons. The van der Waals surface area contributed by atoms with Gasteiger partial charge in [0.15, 0.2) is 0 Å². The molecular weight excluding hydrogens is 276 g/mol. The van der Waals surface area contributed by atoms with Crippen LogP contribution >= 0.6 is 0 Å². The van der Waals surface area contributed by atoms with E-state index in [1.807, 2.05) is 6.07 Å². The first-order valence-corrected chi connectivity index (χ1v) is 7.16. The molecule has 0 bridgehead atoms. The number of hydrogen-bond donors (Lipinski definition) is 2. The Morgan fingerprint density at radius 3 is 2.70 bits per heavy atom. The molecule has 0 amide bonds. The van der Waals surface area contributed by atoms with E-state index in [0.717, 1.165) is 5.56 Å². The lowest BCUT2D eigenvalue weighted by atomic mass is 10.1. The Balaban J connectivity index is 2.41. The number of rotatable bonds is 3. The Kier molecular flexibility index (Phi) is 3.59. The van der Waals surface area contributed by atoms with Crippen LogP contribution in [0.4, 0.5) is 11.5 Å². The minimum absolute atomic E-state index is 0.0201. The topological polar surface area (TPSA) is 109 Å². The Morgan fingerprint density at radius 2 is 2.05 bits per heavy atom. The lowest BCUT2D eigenvalue weighted by molar-refractivity contribution is 0.601.